The average molecular weight is 423 g/mol. The smallest absolute Gasteiger partial charge is 0.235 e. The SMILES string of the molecule is CCOc1ccc2cc(C#N)c(SCC(=O)Nc3sc(C)c(C)c3C#N)nc2c1. The molecule has 1 aromatic carbocycles. The highest BCUT2D eigenvalue weighted by Crippen LogP contribution is 2.32. The maximum Gasteiger partial charge on any atom is 0.235 e. The number of aryl methyl sites for hydroxylation is 1. The second-order valence-corrected chi connectivity index (χ2v) is 8.37. The van der Waals surface area contributed by atoms with Crippen molar-refractivity contribution in [1.82, 2.24) is 4.98 Å². The number of benzene rings is 1. The van der Waals surface area contributed by atoms with Crippen LogP contribution in [0.4, 0.5) is 5.00 Å². The van der Waals surface area contributed by atoms with E-state index in [1.54, 1.807) is 6.07 Å². The molecule has 2 heterocycles. The number of rotatable bonds is 6. The number of carbonyl (C=O) groups excluding carboxylic acids is 1. The van der Waals surface area contributed by atoms with E-state index in [1.807, 2.05) is 39.0 Å². The number of ether oxygens (including phenoxy) is 1. The molecule has 0 aliphatic rings. The lowest BCUT2D eigenvalue weighted by molar-refractivity contribution is -0.113. The van der Waals surface area contributed by atoms with Crippen LogP contribution in [0, 0.1) is 36.5 Å². The lowest BCUT2D eigenvalue weighted by Crippen LogP contribution is -2.14. The zero-order valence-electron chi connectivity index (χ0n) is 16.2. The molecule has 8 heteroatoms. The van der Waals surface area contributed by atoms with Gasteiger partial charge in [-0.15, -0.1) is 11.3 Å². The molecule has 0 atom stereocenters. The molecule has 0 radical (unpaired) electrons. The van der Waals surface area contributed by atoms with Crippen molar-refractivity contribution in [2.75, 3.05) is 17.7 Å². The second-order valence-electron chi connectivity index (χ2n) is 6.18. The van der Waals surface area contributed by atoms with Crippen molar-refractivity contribution < 1.29 is 9.53 Å². The van der Waals surface area contributed by atoms with Gasteiger partial charge in [-0.25, -0.2) is 4.98 Å². The van der Waals surface area contributed by atoms with Crippen molar-refractivity contribution in [2.45, 2.75) is 25.8 Å². The number of thioether (sulfide) groups is 1. The number of amides is 1. The van der Waals surface area contributed by atoms with Gasteiger partial charge in [0.15, 0.2) is 0 Å². The first kappa shape index (κ1) is 20.7. The Morgan fingerprint density at radius 1 is 1.28 bits per heavy atom. The summed E-state index contributed by atoms with van der Waals surface area (Å²) in [6, 6.07) is 11.6. The number of thiophene rings is 1. The predicted octanol–water partition coefficient (Wildman–Crippen LogP) is 4.79. The van der Waals surface area contributed by atoms with Gasteiger partial charge in [0.25, 0.3) is 0 Å². The van der Waals surface area contributed by atoms with Gasteiger partial charge in [-0.3, -0.25) is 4.79 Å². The standard InChI is InChI=1S/C21H18N4O2S2/c1-4-27-16-6-5-14-7-15(9-22)20(24-18(14)8-16)28-11-19(26)25-21-17(10-23)12(2)13(3)29-21/h5-8H,4,11H2,1-3H3,(H,25,26). The van der Waals surface area contributed by atoms with E-state index >= 15 is 0 Å². The minimum Gasteiger partial charge on any atom is -0.494 e. The highest BCUT2D eigenvalue weighted by Gasteiger charge is 2.16. The lowest BCUT2D eigenvalue weighted by atomic mass is 10.1. The molecule has 3 aromatic rings. The Hall–Kier alpha value is -3.07. The predicted molar refractivity (Wildman–Crippen MR) is 115 cm³/mol. The Morgan fingerprint density at radius 2 is 2.07 bits per heavy atom. The number of carbonyl (C=O) groups is 1. The van der Waals surface area contributed by atoms with Gasteiger partial charge >= 0.3 is 0 Å². The molecule has 0 fully saturated rings. The highest BCUT2D eigenvalue weighted by molar-refractivity contribution is 8.00. The largest absolute Gasteiger partial charge is 0.494 e. The normalized spacial score (nSPS) is 10.4. The number of anilines is 1. The third-order valence-electron chi connectivity index (χ3n) is 4.28. The highest BCUT2D eigenvalue weighted by atomic mass is 32.2. The van der Waals surface area contributed by atoms with Gasteiger partial charge in [0, 0.05) is 16.3 Å². The molecule has 0 bridgehead atoms. The van der Waals surface area contributed by atoms with Gasteiger partial charge in [-0.1, -0.05) is 11.8 Å². The topological polar surface area (TPSA) is 98.8 Å². The molecule has 0 aliphatic carbocycles. The second kappa shape index (κ2) is 8.95. The summed E-state index contributed by atoms with van der Waals surface area (Å²) in [6.07, 6.45) is 0. The van der Waals surface area contributed by atoms with Gasteiger partial charge < -0.3 is 10.1 Å². The third kappa shape index (κ3) is 4.51. The van der Waals surface area contributed by atoms with Crippen molar-refractivity contribution in [1.29, 1.82) is 10.5 Å². The summed E-state index contributed by atoms with van der Waals surface area (Å²) < 4.78 is 5.51. The molecule has 2 aromatic heterocycles. The first-order valence-corrected chi connectivity index (χ1v) is 10.7. The number of fused-ring (bicyclic) bond motifs is 1. The minimum atomic E-state index is -0.249. The van der Waals surface area contributed by atoms with Crippen LogP contribution in [0.2, 0.25) is 0 Å². The van der Waals surface area contributed by atoms with Crippen molar-refractivity contribution >= 4 is 44.9 Å². The van der Waals surface area contributed by atoms with Crippen molar-refractivity contribution in [3.8, 4) is 17.9 Å². The molecule has 0 spiro atoms. The number of pyridine rings is 1. The van der Waals surface area contributed by atoms with Crippen LogP contribution in [0.1, 0.15) is 28.5 Å². The fraction of sp³-hybridized carbons (Fsp3) is 0.238. The molecule has 0 saturated carbocycles. The summed E-state index contributed by atoms with van der Waals surface area (Å²) in [5.41, 5.74) is 2.50. The maximum absolute atomic E-state index is 12.4. The van der Waals surface area contributed by atoms with Crippen molar-refractivity contribution in [3.63, 3.8) is 0 Å². The summed E-state index contributed by atoms with van der Waals surface area (Å²) in [5, 5.41) is 23.4. The van der Waals surface area contributed by atoms with Gasteiger partial charge in [0.2, 0.25) is 5.91 Å². The van der Waals surface area contributed by atoms with Crippen LogP contribution in [0.15, 0.2) is 29.3 Å². The zero-order valence-corrected chi connectivity index (χ0v) is 17.8. The number of aromatic nitrogens is 1. The van der Waals surface area contributed by atoms with E-state index in [2.05, 4.69) is 22.4 Å². The molecule has 0 saturated heterocycles. The van der Waals surface area contributed by atoms with E-state index in [-0.39, 0.29) is 11.7 Å². The van der Waals surface area contributed by atoms with Crippen LogP contribution >= 0.6 is 23.1 Å². The van der Waals surface area contributed by atoms with E-state index in [9.17, 15) is 15.3 Å². The Balaban J connectivity index is 1.79. The quantitative estimate of drug-likeness (QED) is 0.574. The molecule has 29 heavy (non-hydrogen) atoms. The Kier molecular flexibility index (Phi) is 6.38. The number of nitrogens with zero attached hydrogens (tertiary/aromatic N) is 3. The van der Waals surface area contributed by atoms with Crippen LogP contribution in [-0.2, 0) is 4.79 Å². The fourth-order valence-corrected chi connectivity index (χ4v) is 4.51. The van der Waals surface area contributed by atoms with Crippen molar-refractivity contribution in [3.05, 3.63) is 45.8 Å². The first-order chi connectivity index (χ1) is 14.0. The molecule has 0 aliphatic heterocycles. The molecular weight excluding hydrogens is 404 g/mol. The van der Waals surface area contributed by atoms with Crippen LogP contribution in [0.25, 0.3) is 10.9 Å². The maximum atomic E-state index is 12.4. The summed E-state index contributed by atoms with van der Waals surface area (Å²) in [4.78, 5) is 18.0. The fourth-order valence-electron chi connectivity index (χ4n) is 2.72. The minimum absolute atomic E-state index is 0.0825. The van der Waals surface area contributed by atoms with Gasteiger partial charge in [0.05, 0.1) is 29.0 Å². The Morgan fingerprint density at radius 3 is 2.76 bits per heavy atom. The van der Waals surface area contributed by atoms with E-state index < -0.39 is 0 Å². The number of nitriles is 2. The molecular formula is C21H18N4O2S2. The number of hydrogen-bond donors (Lipinski definition) is 1. The molecule has 1 N–H and O–H groups in total. The van der Waals surface area contributed by atoms with Gasteiger partial charge in [-0.05, 0) is 44.5 Å². The van der Waals surface area contributed by atoms with Crippen LogP contribution in [-0.4, -0.2) is 23.3 Å². The Labute approximate surface area is 177 Å². The van der Waals surface area contributed by atoms with E-state index in [1.165, 1.54) is 23.1 Å². The number of nitrogens with one attached hydrogen (secondary N) is 1. The molecule has 146 valence electrons. The summed E-state index contributed by atoms with van der Waals surface area (Å²) in [7, 11) is 0. The molecule has 3 rings (SSSR count). The summed E-state index contributed by atoms with van der Waals surface area (Å²) >= 11 is 2.58. The van der Waals surface area contributed by atoms with Crippen LogP contribution in [0.3, 0.4) is 0 Å². The Bertz CT molecular complexity index is 1170. The van der Waals surface area contributed by atoms with E-state index in [0.29, 0.717) is 39.0 Å². The zero-order chi connectivity index (χ0) is 21.0. The van der Waals surface area contributed by atoms with E-state index in [4.69, 9.17) is 4.74 Å². The molecule has 1 amide bonds. The third-order valence-corrected chi connectivity index (χ3v) is 6.39. The summed E-state index contributed by atoms with van der Waals surface area (Å²) in [5.74, 6) is 0.541. The van der Waals surface area contributed by atoms with Gasteiger partial charge in [0.1, 0.15) is 27.9 Å². The average Bonchev–Trinajstić information content (AvgIpc) is 2.98. The molecule has 0 unspecified atom stereocenters. The van der Waals surface area contributed by atoms with Crippen LogP contribution < -0.4 is 10.1 Å². The lowest BCUT2D eigenvalue weighted by Gasteiger charge is -2.08. The first-order valence-electron chi connectivity index (χ1n) is 8.87. The molecule has 6 nitrogen and oxygen atoms in total. The number of hydrogen-bond acceptors (Lipinski definition) is 7. The monoisotopic (exact) mass is 422 g/mol. The summed E-state index contributed by atoms with van der Waals surface area (Å²) in [6.45, 7) is 6.24. The van der Waals surface area contributed by atoms with E-state index in [0.717, 1.165) is 15.8 Å². The van der Waals surface area contributed by atoms with Crippen LogP contribution in [0.5, 0.6) is 5.75 Å². The van der Waals surface area contributed by atoms with Gasteiger partial charge in [-0.2, -0.15) is 10.5 Å². The van der Waals surface area contributed by atoms with Crippen molar-refractivity contribution in [2.24, 2.45) is 0 Å².